The third-order valence-electron chi connectivity index (χ3n) is 5.04. The lowest BCUT2D eigenvalue weighted by Crippen LogP contribution is -2.41. The van der Waals surface area contributed by atoms with Crippen LogP contribution in [0.3, 0.4) is 0 Å². The molecule has 2 aliphatic rings. The number of amides is 2. The van der Waals surface area contributed by atoms with Crippen LogP contribution in [0.2, 0.25) is 5.02 Å². The summed E-state index contributed by atoms with van der Waals surface area (Å²) in [5.74, 6) is -0.980. The van der Waals surface area contributed by atoms with Crippen molar-refractivity contribution in [2.75, 3.05) is 11.6 Å². The predicted octanol–water partition coefficient (Wildman–Crippen LogP) is 4.06. The van der Waals surface area contributed by atoms with E-state index in [-0.39, 0.29) is 5.91 Å². The number of carbonyl (C=O) groups is 2. The van der Waals surface area contributed by atoms with Gasteiger partial charge in [-0.05, 0) is 43.5 Å². The summed E-state index contributed by atoms with van der Waals surface area (Å²) >= 11 is 6.16. The Kier molecular flexibility index (Phi) is 5.71. The number of nitrogens with one attached hydrogen (secondary N) is 1. The van der Waals surface area contributed by atoms with Crippen molar-refractivity contribution in [2.45, 2.75) is 25.7 Å². The first-order valence-electron chi connectivity index (χ1n) is 9.72. The van der Waals surface area contributed by atoms with Crippen molar-refractivity contribution in [3.8, 4) is 0 Å². The van der Waals surface area contributed by atoms with Crippen LogP contribution < -0.4 is 10.3 Å². The minimum absolute atomic E-state index is 0.202. The summed E-state index contributed by atoms with van der Waals surface area (Å²) in [5.41, 5.74) is 1.77. The fraction of sp³-hybridized carbons (Fsp3) is 0.273. The lowest BCUT2D eigenvalue weighted by molar-refractivity contribution is -0.118. The summed E-state index contributed by atoms with van der Waals surface area (Å²) in [5, 5.41) is 8.98. The molecule has 0 aliphatic carbocycles. The van der Waals surface area contributed by atoms with E-state index in [1.165, 1.54) is 5.01 Å². The molecule has 2 aromatic rings. The number of hydrogen-bond acceptors (Lipinski definition) is 4. The number of nitrogens with zero attached hydrogens (tertiary/aromatic N) is 3. The van der Waals surface area contributed by atoms with Gasteiger partial charge >= 0.3 is 0 Å². The van der Waals surface area contributed by atoms with Gasteiger partial charge in [0.15, 0.2) is 0 Å². The molecule has 1 N–H and O–H groups in total. The number of hydrazone groups is 1. The first-order chi connectivity index (χ1) is 14.1. The smallest absolute Gasteiger partial charge is 0.263 e. The van der Waals surface area contributed by atoms with Crippen LogP contribution in [0.5, 0.6) is 0 Å². The minimum Gasteiger partial charge on any atom is -0.308 e. The summed E-state index contributed by atoms with van der Waals surface area (Å²) in [6.07, 6.45) is 3.78. The zero-order valence-corrected chi connectivity index (χ0v) is 16.6. The van der Waals surface area contributed by atoms with Gasteiger partial charge in [-0.2, -0.15) is 10.1 Å². The van der Waals surface area contributed by atoms with E-state index in [0.29, 0.717) is 28.7 Å². The summed E-state index contributed by atoms with van der Waals surface area (Å²) in [6, 6.07) is 16.0. The zero-order chi connectivity index (χ0) is 20.2. The van der Waals surface area contributed by atoms with Gasteiger partial charge in [0.05, 0.1) is 16.3 Å². The van der Waals surface area contributed by atoms with E-state index >= 15 is 0 Å². The Hall–Kier alpha value is -2.99. The highest BCUT2D eigenvalue weighted by Gasteiger charge is 2.41. The molecule has 0 unspecified atom stereocenters. The Labute approximate surface area is 174 Å². The minimum atomic E-state index is -0.681. The molecule has 0 aromatic heterocycles. The molecule has 6 nitrogen and oxygen atoms in total. The van der Waals surface area contributed by atoms with Gasteiger partial charge in [-0.3, -0.25) is 14.6 Å². The van der Waals surface area contributed by atoms with Crippen LogP contribution in [0.25, 0.3) is 0 Å². The van der Waals surface area contributed by atoms with Gasteiger partial charge in [0.2, 0.25) is 0 Å². The van der Waals surface area contributed by atoms with E-state index in [1.807, 2.05) is 30.3 Å². The predicted molar refractivity (Wildman–Crippen MR) is 115 cm³/mol. The van der Waals surface area contributed by atoms with Crippen LogP contribution in [0.15, 0.2) is 64.7 Å². The van der Waals surface area contributed by atoms with E-state index in [0.717, 1.165) is 31.4 Å². The Morgan fingerprint density at radius 1 is 1.03 bits per heavy atom. The molecule has 0 fully saturated rings. The molecule has 2 aromatic carbocycles. The molecule has 2 amide bonds. The van der Waals surface area contributed by atoms with E-state index in [9.17, 15) is 9.59 Å². The highest BCUT2D eigenvalue weighted by atomic mass is 35.5. The van der Waals surface area contributed by atoms with Crippen molar-refractivity contribution < 1.29 is 9.59 Å². The van der Waals surface area contributed by atoms with Crippen molar-refractivity contribution in [1.82, 2.24) is 5.32 Å². The Morgan fingerprint density at radius 2 is 1.79 bits per heavy atom. The molecule has 0 radical (unpaired) electrons. The van der Waals surface area contributed by atoms with Gasteiger partial charge in [-0.25, -0.2) is 0 Å². The fourth-order valence-electron chi connectivity index (χ4n) is 3.57. The van der Waals surface area contributed by atoms with E-state index < -0.39 is 11.8 Å². The number of anilines is 1. The van der Waals surface area contributed by atoms with Crippen molar-refractivity contribution in [3.05, 3.63) is 65.2 Å². The molecular weight excluding hydrogens is 388 g/mol. The van der Waals surface area contributed by atoms with E-state index in [1.54, 1.807) is 24.3 Å². The third-order valence-corrected chi connectivity index (χ3v) is 5.37. The molecule has 0 saturated carbocycles. The van der Waals surface area contributed by atoms with Gasteiger partial charge in [0, 0.05) is 12.3 Å². The maximum atomic E-state index is 13.3. The van der Waals surface area contributed by atoms with Crippen LogP contribution in [0.4, 0.5) is 5.69 Å². The first kappa shape index (κ1) is 19.3. The summed E-state index contributed by atoms with van der Waals surface area (Å²) in [6.45, 7) is 0.691. The van der Waals surface area contributed by atoms with Crippen molar-refractivity contribution in [3.63, 3.8) is 0 Å². The number of rotatable bonds is 3. The SMILES string of the molecule is O=C(NC1=NN(c2ccccc2)C(=O)[C@H]1C1=NCCCCC1)c1ccccc1Cl. The average molecular weight is 409 g/mol. The lowest BCUT2D eigenvalue weighted by Gasteiger charge is -2.16. The average Bonchev–Trinajstić information content (AvgIpc) is 2.90. The molecule has 2 aliphatic heterocycles. The van der Waals surface area contributed by atoms with Crippen molar-refractivity contribution >= 4 is 40.6 Å². The molecule has 4 rings (SSSR count). The maximum absolute atomic E-state index is 13.3. The standard InChI is InChI=1S/C22H21ClN4O2/c23-17-12-7-6-11-16(17)21(28)25-20-19(18-13-5-2-8-14-24-18)22(29)27(26-20)15-9-3-1-4-10-15/h1,3-4,6-7,9-12,19H,2,5,8,13-14H2,(H,25,26,28)/t19-/m0/s1. The Morgan fingerprint density at radius 3 is 2.59 bits per heavy atom. The van der Waals surface area contributed by atoms with Crippen LogP contribution in [-0.4, -0.2) is 29.9 Å². The van der Waals surface area contributed by atoms with Crippen LogP contribution in [0, 0.1) is 5.92 Å². The number of amidine groups is 1. The number of hydrogen-bond donors (Lipinski definition) is 1. The molecule has 1 atom stereocenters. The summed E-state index contributed by atoms with van der Waals surface area (Å²) in [4.78, 5) is 30.7. The maximum Gasteiger partial charge on any atom is 0.263 e. The van der Waals surface area contributed by atoms with E-state index in [2.05, 4.69) is 15.4 Å². The molecular formula is C22H21ClN4O2. The second-order valence-electron chi connectivity index (χ2n) is 7.02. The molecule has 0 saturated heterocycles. The van der Waals surface area contributed by atoms with Crippen LogP contribution >= 0.6 is 11.6 Å². The second kappa shape index (κ2) is 8.57. The molecule has 0 bridgehead atoms. The zero-order valence-electron chi connectivity index (χ0n) is 15.8. The van der Waals surface area contributed by atoms with Crippen LogP contribution in [0.1, 0.15) is 36.0 Å². The topological polar surface area (TPSA) is 74.1 Å². The van der Waals surface area contributed by atoms with Gasteiger partial charge in [-0.1, -0.05) is 48.4 Å². The first-order valence-corrected chi connectivity index (χ1v) is 10.1. The van der Waals surface area contributed by atoms with Crippen molar-refractivity contribution in [1.29, 1.82) is 0 Å². The molecule has 29 heavy (non-hydrogen) atoms. The molecule has 148 valence electrons. The molecule has 0 spiro atoms. The lowest BCUT2D eigenvalue weighted by atomic mass is 9.96. The number of para-hydroxylation sites is 1. The number of halogens is 1. The quantitative estimate of drug-likeness (QED) is 0.831. The summed E-state index contributed by atoms with van der Waals surface area (Å²) in [7, 11) is 0. The highest BCUT2D eigenvalue weighted by Crippen LogP contribution is 2.27. The third kappa shape index (κ3) is 4.07. The Balaban J connectivity index is 1.68. The number of aliphatic imine (C=N–C) groups is 1. The van der Waals surface area contributed by atoms with Gasteiger partial charge in [0.25, 0.3) is 11.8 Å². The monoisotopic (exact) mass is 408 g/mol. The molecule has 2 heterocycles. The number of benzene rings is 2. The summed E-state index contributed by atoms with van der Waals surface area (Å²) < 4.78 is 0. The molecule has 7 heteroatoms. The fourth-order valence-corrected chi connectivity index (χ4v) is 3.79. The Bertz CT molecular complexity index is 987. The van der Waals surface area contributed by atoms with Gasteiger partial charge in [0.1, 0.15) is 11.8 Å². The number of carbonyl (C=O) groups excluding carboxylic acids is 2. The normalized spacial score (nSPS) is 19.4. The van der Waals surface area contributed by atoms with E-state index in [4.69, 9.17) is 11.6 Å². The van der Waals surface area contributed by atoms with Gasteiger partial charge in [-0.15, -0.1) is 0 Å². The second-order valence-corrected chi connectivity index (χ2v) is 7.43. The van der Waals surface area contributed by atoms with Gasteiger partial charge < -0.3 is 5.32 Å². The van der Waals surface area contributed by atoms with Crippen LogP contribution in [-0.2, 0) is 4.79 Å². The highest BCUT2D eigenvalue weighted by molar-refractivity contribution is 6.35. The van der Waals surface area contributed by atoms with Crippen molar-refractivity contribution in [2.24, 2.45) is 16.0 Å². The largest absolute Gasteiger partial charge is 0.308 e.